The van der Waals surface area contributed by atoms with Crippen molar-refractivity contribution in [1.29, 1.82) is 0 Å². The fourth-order valence-electron chi connectivity index (χ4n) is 5.51. The number of ether oxygens (including phenoxy) is 1. The van der Waals surface area contributed by atoms with Crippen LogP contribution in [0.1, 0.15) is 63.4 Å². The van der Waals surface area contributed by atoms with Crippen LogP contribution in [-0.2, 0) is 24.1 Å². The van der Waals surface area contributed by atoms with Crippen LogP contribution < -0.4 is 5.32 Å². The molecule has 3 heterocycles. The number of amides is 2. The highest BCUT2D eigenvalue weighted by atomic mass is 32.1. The van der Waals surface area contributed by atoms with Crippen molar-refractivity contribution in [2.75, 3.05) is 11.9 Å². The van der Waals surface area contributed by atoms with E-state index in [9.17, 15) is 14.0 Å². The number of carbonyl (C=O) groups is 2. The molecule has 2 aliphatic rings. The molecule has 1 N–H and O–H groups in total. The van der Waals surface area contributed by atoms with Gasteiger partial charge in [0.25, 0.3) is 0 Å². The minimum atomic E-state index is -0.488. The maximum Gasteiger partial charge on any atom is 0.338 e. The maximum atomic E-state index is 14.4. The molecule has 0 fully saturated rings. The molecule has 0 bridgehead atoms. The van der Waals surface area contributed by atoms with Gasteiger partial charge in [-0.2, -0.15) is 0 Å². The number of esters is 1. The van der Waals surface area contributed by atoms with Crippen molar-refractivity contribution >= 4 is 29.0 Å². The maximum absolute atomic E-state index is 14.4. The van der Waals surface area contributed by atoms with Crippen LogP contribution in [0.2, 0.25) is 0 Å². The first-order valence-electron chi connectivity index (χ1n) is 12.9. The van der Waals surface area contributed by atoms with Crippen molar-refractivity contribution in [3.63, 3.8) is 0 Å². The molecule has 8 heteroatoms. The van der Waals surface area contributed by atoms with Crippen molar-refractivity contribution in [2.24, 2.45) is 0 Å². The predicted octanol–water partition coefficient (Wildman–Crippen LogP) is 6.87. The van der Waals surface area contributed by atoms with Gasteiger partial charge in [0.2, 0.25) is 0 Å². The molecule has 6 rings (SSSR count). The van der Waals surface area contributed by atoms with Gasteiger partial charge in [0, 0.05) is 22.3 Å². The minimum absolute atomic E-state index is 0.292. The van der Waals surface area contributed by atoms with E-state index in [1.165, 1.54) is 34.6 Å². The molecule has 0 saturated carbocycles. The van der Waals surface area contributed by atoms with Crippen LogP contribution in [0.15, 0.2) is 66.9 Å². The molecule has 6 nitrogen and oxygen atoms in total. The highest BCUT2D eigenvalue weighted by Crippen LogP contribution is 2.44. The lowest BCUT2D eigenvalue weighted by Crippen LogP contribution is -2.38. The summed E-state index contributed by atoms with van der Waals surface area (Å²) in [5.41, 5.74) is 5.14. The second-order valence-electron chi connectivity index (χ2n) is 9.61. The largest absolute Gasteiger partial charge is 0.462 e. The first-order valence-corrected chi connectivity index (χ1v) is 13.8. The topological polar surface area (TPSA) is 63.6 Å². The minimum Gasteiger partial charge on any atom is -0.462 e. The average molecular weight is 530 g/mol. The zero-order chi connectivity index (χ0) is 26.2. The van der Waals surface area contributed by atoms with Crippen molar-refractivity contribution in [3.05, 3.63) is 106 Å². The quantitative estimate of drug-likeness (QED) is 0.294. The summed E-state index contributed by atoms with van der Waals surface area (Å²) < 4.78 is 21.7. The molecule has 1 aliphatic carbocycles. The first kappa shape index (κ1) is 24.4. The number of nitrogens with one attached hydrogen (secondary N) is 1. The molecule has 4 aromatic rings. The smallest absolute Gasteiger partial charge is 0.338 e. The Bertz CT molecular complexity index is 1510. The van der Waals surface area contributed by atoms with Crippen LogP contribution >= 0.6 is 11.3 Å². The van der Waals surface area contributed by atoms with Gasteiger partial charge in [0.1, 0.15) is 10.8 Å². The molecule has 0 radical (unpaired) electrons. The third-order valence-electron chi connectivity index (χ3n) is 7.25. The van der Waals surface area contributed by atoms with Gasteiger partial charge in [0.15, 0.2) is 0 Å². The van der Waals surface area contributed by atoms with E-state index in [4.69, 9.17) is 4.74 Å². The van der Waals surface area contributed by atoms with Crippen LogP contribution in [0, 0.1) is 5.82 Å². The number of halogens is 1. The summed E-state index contributed by atoms with van der Waals surface area (Å²) in [5, 5.41) is 4.16. The van der Waals surface area contributed by atoms with Gasteiger partial charge < -0.3 is 19.5 Å². The van der Waals surface area contributed by atoms with Gasteiger partial charge in [-0.1, -0.05) is 12.1 Å². The Morgan fingerprint density at radius 2 is 1.87 bits per heavy atom. The number of aryl methyl sites for hydroxylation is 1. The monoisotopic (exact) mass is 529 g/mol. The molecule has 38 heavy (non-hydrogen) atoms. The van der Waals surface area contributed by atoms with Gasteiger partial charge in [-0.15, -0.1) is 11.3 Å². The van der Waals surface area contributed by atoms with Gasteiger partial charge in [-0.25, -0.2) is 14.0 Å². The fourth-order valence-corrected chi connectivity index (χ4v) is 6.92. The number of anilines is 1. The van der Waals surface area contributed by atoms with E-state index in [0.717, 1.165) is 30.0 Å². The molecule has 2 aromatic heterocycles. The van der Waals surface area contributed by atoms with Gasteiger partial charge >= 0.3 is 12.0 Å². The van der Waals surface area contributed by atoms with Crippen LogP contribution in [0.4, 0.5) is 14.9 Å². The Hall–Kier alpha value is -3.91. The normalized spacial score (nSPS) is 16.2. The molecule has 0 spiro atoms. The number of aromatic nitrogens is 1. The molecule has 0 unspecified atom stereocenters. The fraction of sp³-hybridized carbons (Fsp3) is 0.267. The van der Waals surface area contributed by atoms with E-state index in [1.807, 2.05) is 35.7 Å². The molecule has 0 saturated heterocycles. The van der Waals surface area contributed by atoms with E-state index in [2.05, 4.69) is 9.88 Å². The number of hydrogen-bond donors (Lipinski definition) is 1. The van der Waals surface area contributed by atoms with E-state index in [0.29, 0.717) is 30.0 Å². The van der Waals surface area contributed by atoms with Gasteiger partial charge in [-0.05, 0) is 92.3 Å². The zero-order valence-electron chi connectivity index (χ0n) is 21.1. The third-order valence-corrected chi connectivity index (χ3v) is 8.58. The molecule has 2 aromatic carbocycles. The summed E-state index contributed by atoms with van der Waals surface area (Å²) in [4.78, 5) is 29.2. The van der Waals surface area contributed by atoms with Crippen LogP contribution in [-0.4, -0.2) is 28.1 Å². The van der Waals surface area contributed by atoms with Gasteiger partial charge in [0.05, 0.1) is 30.5 Å². The summed E-state index contributed by atoms with van der Waals surface area (Å²) in [7, 11) is 0. The Morgan fingerprint density at radius 3 is 2.66 bits per heavy atom. The second-order valence-corrected chi connectivity index (χ2v) is 10.7. The zero-order valence-corrected chi connectivity index (χ0v) is 21.9. The van der Waals surface area contributed by atoms with Crippen LogP contribution in [0.3, 0.4) is 0 Å². The third kappa shape index (κ3) is 4.39. The molecule has 194 valence electrons. The summed E-state index contributed by atoms with van der Waals surface area (Å²) in [5.74, 6) is -0.744. The number of hydrogen-bond acceptors (Lipinski definition) is 4. The van der Waals surface area contributed by atoms with Crippen molar-refractivity contribution in [3.8, 4) is 5.00 Å². The summed E-state index contributed by atoms with van der Waals surface area (Å²) in [6.07, 6.45) is 6.44. The predicted molar refractivity (Wildman–Crippen MR) is 145 cm³/mol. The molecule has 1 atom stereocenters. The highest BCUT2D eigenvalue weighted by molar-refractivity contribution is 7.15. The van der Waals surface area contributed by atoms with Crippen molar-refractivity contribution in [2.45, 2.75) is 45.2 Å². The number of urea groups is 1. The Labute approximate surface area is 224 Å². The van der Waals surface area contributed by atoms with Crippen molar-refractivity contribution < 1.29 is 18.7 Å². The number of carbonyl (C=O) groups excluding carboxylic acids is 2. The summed E-state index contributed by atoms with van der Waals surface area (Å²) in [6.45, 7) is 2.47. The van der Waals surface area contributed by atoms with E-state index < -0.39 is 12.0 Å². The standard InChI is InChI=1S/C30H28FN3O3S/c1-2-37-29(35)19-12-14-22(15-13-19)32-30(36)34-18-24-23-9-3-4-11-26(23)38-28(24)33-16-6-10-25(33)27(34)20-7-5-8-21(31)17-20/h5-8,10,12-17,27H,2-4,9,11,18H2,1H3,(H,32,36)/t27-/m0/s1. The number of benzene rings is 2. The molecular weight excluding hydrogens is 501 g/mol. The number of nitrogens with zero attached hydrogens (tertiary/aromatic N) is 2. The number of thiophene rings is 1. The summed E-state index contributed by atoms with van der Waals surface area (Å²) in [6, 6.07) is 16.4. The van der Waals surface area contributed by atoms with E-state index in [-0.39, 0.29) is 11.8 Å². The molecular formula is C30H28FN3O3S. The molecule has 1 aliphatic heterocycles. The van der Waals surface area contributed by atoms with Crippen LogP contribution in [0.25, 0.3) is 5.00 Å². The Balaban J connectivity index is 1.41. The van der Waals surface area contributed by atoms with Crippen molar-refractivity contribution in [1.82, 2.24) is 9.47 Å². The highest BCUT2D eigenvalue weighted by Gasteiger charge is 2.36. The lowest BCUT2D eigenvalue weighted by Gasteiger charge is -2.31. The lowest BCUT2D eigenvalue weighted by atomic mass is 9.95. The van der Waals surface area contributed by atoms with E-state index >= 15 is 0 Å². The van der Waals surface area contributed by atoms with E-state index in [1.54, 1.807) is 42.2 Å². The Kier molecular flexibility index (Phi) is 6.49. The lowest BCUT2D eigenvalue weighted by molar-refractivity contribution is 0.0526. The average Bonchev–Trinajstić information content (AvgIpc) is 3.51. The second kappa shape index (κ2) is 10.1. The number of rotatable bonds is 4. The molecule has 2 amide bonds. The first-order chi connectivity index (χ1) is 18.5. The van der Waals surface area contributed by atoms with Gasteiger partial charge in [-0.3, -0.25) is 0 Å². The SMILES string of the molecule is CCOC(=O)c1ccc(NC(=O)N2Cc3c(sc4c3CCCC4)-n3cccc3[C@@H]2c2cccc(F)c2)cc1. The summed E-state index contributed by atoms with van der Waals surface area (Å²) >= 11 is 1.81. The number of fused-ring (bicyclic) bond motifs is 5. The van der Waals surface area contributed by atoms with Crippen LogP contribution in [0.5, 0.6) is 0 Å². The Morgan fingerprint density at radius 1 is 1.05 bits per heavy atom.